The zero-order chi connectivity index (χ0) is 10.7. The maximum atomic E-state index is 5.46. The van der Waals surface area contributed by atoms with Gasteiger partial charge in [0.2, 0.25) is 0 Å². The fourth-order valence-corrected chi connectivity index (χ4v) is 2.67. The molecular formula is C10H17N3OS. The second-order valence-corrected chi connectivity index (χ2v) is 4.94. The van der Waals surface area contributed by atoms with Gasteiger partial charge in [0, 0.05) is 12.5 Å². The molecular weight excluding hydrogens is 210 g/mol. The Labute approximate surface area is 94.1 Å². The van der Waals surface area contributed by atoms with Crippen LogP contribution in [0.4, 0.5) is 0 Å². The number of nitrogens with one attached hydrogen (secondary N) is 1. The minimum Gasteiger partial charge on any atom is -0.381 e. The van der Waals surface area contributed by atoms with Crippen molar-refractivity contribution in [2.24, 2.45) is 0 Å². The van der Waals surface area contributed by atoms with Crippen molar-refractivity contribution in [3.05, 3.63) is 10.0 Å². The molecule has 15 heavy (non-hydrogen) atoms. The van der Waals surface area contributed by atoms with Gasteiger partial charge in [0.1, 0.15) is 10.0 Å². The molecule has 0 spiro atoms. The van der Waals surface area contributed by atoms with Crippen LogP contribution in [0.15, 0.2) is 0 Å². The van der Waals surface area contributed by atoms with Crippen LogP contribution < -0.4 is 5.32 Å². The van der Waals surface area contributed by atoms with E-state index in [1.165, 1.54) is 6.42 Å². The molecule has 4 nitrogen and oxygen atoms in total. The summed E-state index contributed by atoms with van der Waals surface area (Å²) in [6.07, 6.45) is 2.32. The average molecular weight is 227 g/mol. The van der Waals surface area contributed by atoms with Gasteiger partial charge in [-0.05, 0) is 26.8 Å². The summed E-state index contributed by atoms with van der Waals surface area (Å²) in [5.74, 6) is 0.467. The zero-order valence-electron chi connectivity index (χ0n) is 9.19. The Morgan fingerprint density at radius 2 is 2.40 bits per heavy atom. The van der Waals surface area contributed by atoms with Crippen molar-refractivity contribution in [3.8, 4) is 0 Å². The summed E-state index contributed by atoms with van der Waals surface area (Å²) in [4.78, 5) is 0. The van der Waals surface area contributed by atoms with Crippen LogP contribution in [0.1, 0.15) is 41.7 Å². The molecule has 0 aromatic carbocycles. The van der Waals surface area contributed by atoms with Gasteiger partial charge in [-0.2, -0.15) is 0 Å². The lowest BCUT2D eigenvalue weighted by Gasteiger charge is -2.19. The molecule has 1 aromatic heterocycles. The first-order valence-corrected chi connectivity index (χ1v) is 6.21. The summed E-state index contributed by atoms with van der Waals surface area (Å²) in [6.45, 7) is 3.80. The first-order valence-electron chi connectivity index (χ1n) is 5.39. The average Bonchev–Trinajstić information content (AvgIpc) is 2.78. The third kappa shape index (κ3) is 2.53. The number of aromatic nitrogens is 2. The molecule has 0 bridgehead atoms. The summed E-state index contributed by atoms with van der Waals surface area (Å²) in [6, 6.07) is 0.292. The smallest absolute Gasteiger partial charge is 0.134 e. The summed E-state index contributed by atoms with van der Waals surface area (Å²) >= 11 is 1.71. The highest BCUT2D eigenvalue weighted by Gasteiger charge is 2.21. The van der Waals surface area contributed by atoms with E-state index < -0.39 is 0 Å². The van der Waals surface area contributed by atoms with Gasteiger partial charge in [0.15, 0.2) is 0 Å². The largest absolute Gasteiger partial charge is 0.381 e. The van der Waals surface area contributed by atoms with Crippen LogP contribution in [-0.2, 0) is 4.74 Å². The predicted molar refractivity (Wildman–Crippen MR) is 60.2 cm³/mol. The quantitative estimate of drug-likeness (QED) is 0.854. The van der Waals surface area contributed by atoms with Gasteiger partial charge >= 0.3 is 0 Å². The van der Waals surface area contributed by atoms with Gasteiger partial charge in [0.25, 0.3) is 0 Å². The van der Waals surface area contributed by atoms with Crippen molar-refractivity contribution in [2.75, 3.05) is 20.3 Å². The van der Waals surface area contributed by atoms with Crippen LogP contribution in [0.25, 0.3) is 0 Å². The molecule has 1 aliphatic rings. The van der Waals surface area contributed by atoms with E-state index in [9.17, 15) is 0 Å². The van der Waals surface area contributed by atoms with Crippen LogP contribution in [0, 0.1) is 0 Å². The van der Waals surface area contributed by atoms with Crippen LogP contribution in [-0.4, -0.2) is 30.5 Å². The normalized spacial score (nSPS) is 24.0. The SMILES string of the molecule is CNC(C)c1nnc(C2CCCOC2)s1. The molecule has 1 N–H and O–H groups in total. The van der Waals surface area contributed by atoms with E-state index in [2.05, 4.69) is 22.4 Å². The van der Waals surface area contributed by atoms with Crippen LogP contribution in [0.3, 0.4) is 0 Å². The maximum Gasteiger partial charge on any atom is 0.134 e. The van der Waals surface area contributed by atoms with Gasteiger partial charge in [0.05, 0.1) is 12.6 Å². The van der Waals surface area contributed by atoms with Gasteiger partial charge in [-0.3, -0.25) is 0 Å². The minimum atomic E-state index is 0.292. The van der Waals surface area contributed by atoms with Crippen molar-refractivity contribution in [3.63, 3.8) is 0 Å². The number of ether oxygens (including phenoxy) is 1. The van der Waals surface area contributed by atoms with Crippen LogP contribution >= 0.6 is 11.3 Å². The predicted octanol–water partition coefficient (Wildman–Crippen LogP) is 1.71. The van der Waals surface area contributed by atoms with E-state index in [1.807, 2.05) is 7.05 Å². The van der Waals surface area contributed by atoms with Crippen molar-refractivity contribution >= 4 is 11.3 Å². The van der Waals surface area contributed by atoms with E-state index in [0.29, 0.717) is 12.0 Å². The highest BCUT2D eigenvalue weighted by atomic mass is 32.1. The van der Waals surface area contributed by atoms with Crippen molar-refractivity contribution < 1.29 is 4.74 Å². The lowest BCUT2D eigenvalue weighted by molar-refractivity contribution is 0.0802. The lowest BCUT2D eigenvalue weighted by atomic mass is 10.0. The first-order chi connectivity index (χ1) is 7.31. The molecule has 0 amide bonds. The topological polar surface area (TPSA) is 47.0 Å². The van der Waals surface area contributed by atoms with Gasteiger partial charge < -0.3 is 10.1 Å². The summed E-state index contributed by atoms with van der Waals surface area (Å²) in [5.41, 5.74) is 0. The molecule has 2 atom stereocenters. The van der Waals surface area contributed by atoms with E-state index in [-0.39, 0.29) is 0 Å². The molecule has 1 fully saturated rings. The minimum absolute atomic E-state index is 0.292. The number of nitrogens with zero attached hydrogens (tertiary/aromatic N) is 2. The highest BCUT2D eigenvalue weighted by molar-refractivity contribution is 7.11. The number of rotatable bonds is 3. The molecule has 0 radical (unpaired) electrons. The van der Waals surface area contributed by atoms with E-state index >= 15 is 0 Å². The molecule has 84 valence electrons. The fraction of sp³-hybridized carbons (Fsp3) is 0.800. The van der Waals surface area contributed by atoms with Crippen LogP contribution in [0.2, 0.25) is 0 Å². The Morgan fingerprint density at radius 3 is 3.07 bits per heavy atom. The third-order valence-electron chi connectivity index (χ3n) is 2.77. The number of hydrogen-bond acceptors (Lipinski definition) is 5. The van der Waals surface area contributed by atoms with E-state index in [0.717, 1.165) is 29.6 Å². The molecule has 0 saturated carbocycles. The molecule has 2 unspecified atom stereocenters. The standard InChI is InChI=1S/C10H17N3OS/c1-7(11-2)9-12-13-10(15-9)8-4-3-5-14-6-8/h7-8,11H,3-6H2,1-2H3. The van der Waals surface area contributed by atoms with E-state index in [1.54, 1.807) is 11.3 Å². The summed E-state index contributed by atoms with van der Waals surface area (Å²) < 4.78 is 5.46. The lowest BCUT2D eigenvalue weighted by Crippen LogP contribution is -2.15. The third-order valence-corrected chi connectivity index (χ3v) is 4.04. The molecule has 2 heterocycles. The monoisotopic (exact) mass is 227 g/mol. The Hall–Kier alpha value is -0.520. The Bertz CT molecular complexity index is 309. The Morgan fingerprint density at radius 1 is 1.53 bits per heavy atom. The molecule has 1 saturated heterocycles. The molecule has 1 aliphatic heterocycles. The molecule has 2 rings (SSSR count). The van der Waals surface area contributed by atoms with Crippen molar-refractivity contribution in [2.45, 2.75) is 31.7 Å². The fourth-order valence-electron chi connectivity index (χ4n) is 1.65. The number of hydrogen-bond donors (Lipinski definition) is 1. The maximum absolute atomic E-state index is 5.46. The zero-order valence-corrected chi connectivity index (χ0v) is 10.0. The first kappa shape index (κ1) is 11.0. The summed E-state index contributed by atoms with van der Waals surface area (Å²) in [7, 11) is 1.94. The van der Waals surface area contributed by atoms with Crippen molar-refractivity contribution in [1.82, 2.24) is 15.5 Å². The van der Waals surface area contributed by atoms with Gasteiger partial charge in [-0.15, -0.1) is 10.2 Å². The molecule has 0 aliphatic carbocycles. The molecule has 1 aromatic rings. The second kappa shape index (κ2) is 5.01. The van der Waals surface area contributed by atoms with Gasteiger partial charge in [-0.25, -0.2) is 0 Å². The Balaban J connectivity index is 2.05. The highest BCUT2D eigenvalue weighted by Crippen LogP contribution is 2.29. The van der Waals surface area contributed by atoms with E-state index in [4.69, 9.17) is 4.74 Å². The summed E-state index contributed by atoms with van der Waals surface area (Å²) in [5, 5.41) is 13.8. The second-order valence-electron chi connectivity index (χ2n) is 3.90. The Kier molecular flexibility index (Phi) is 3.66. The van der Waals surface area contributed by atoms with Crippen molar-refractivity contribution in [1.29, 1.82) is 0 Å². The van der Waals surface area contributed by atoms with Gasteiger partial charge in [-0.1, -0.05) is 11.3 Å². The van der Waals surface area contributed by atoms with Crippen LogP contribution in [0.5, 0.6) is 0 Å². The molecule has 5 heteroatoms.